The molecule has 0 fully saturated rings. The molecule has 1 heterocycles. The first-order valence-corrected chi connectivity index (χ1v) is 10.8. The SMILES string of the molecule is C[C@H](Sc1nnc(-c2ccccc2)c2ccccc12)C(=O)N(C)Cc1ccccc1. The molecule has 3 aromatic carbocycles. The lowest BCUT2D eigenvalue weighted by Crippen LogP contribution is -2.32. The van der Waals surface area contributed by atoms with Crippen molar-refractivity contribution >= 4 is 28.4 Å². The molecule has 0 aliphatic carbocycles. The van der Waals surface area contributed by atoms with Gasteiger partial charge in [-0.15, -0.1) is 10.2 Å². The third-order valence-corrected chi connectivity index (χ3v) is 6.06. The summed E-state index contributed by atoms with van der Waals surface area (Å²) in [6, 6.07) is 28.2. The van der Waals surface area contributed by atoms with Crippen LogP contribution in [0.2, 0.25) is 0 Å². The fourth-order valence-electron chi connectivity index (χ4n) is 3.44. The van der Waals surface area contributed by atoms with Gasteiger partial charge < -0.3 is 4.90 Å². The summed E-state index contributed by atoms with van der Waals surface area (Å²) in [6.07, 6.45) is 0. The van der Waals surface area contributed by atoms with E-state index in [0.717, 1.165) is 32.6 Å². The number of carbonyl (C=O) groups is 1. The Morgan fingerprint density at radius 3 is 2.17 bits per heavy atom. The molecule has 4 nitrogen and oxygen atoms in total. The van der Waals surface area contributed by atoms with Gasteiger partial charge in [-0.2, -0.15) is 0 Å². The number of amides is 1. The number of carbonyl (C=O) groups excluding carboxylic acids is 1. The molecule has 30 heavy (non-hydrogen) atoms. The Morgan fingerprint density at radius 2 is 1.47 bits per heavy atom. The topological polar surface area (TPSA) is 46.1 Å². The maximum atomic E-state index is 12.9. The van der Waals surface area contributed by atoms with Crippen molar-refractivity contribution in [3.63, 3.8) is 0 Å². The highest BCUT2D eigenvalue weighted by Crippen LogP contribution is 2.33. The van der Waals surface area contributed by atoms with Gasteiger partial charge >= 0.3 is 0 Å². The van der Waals surface area contributed by atoms with Crippen LogP contribution in [0.3, 0.4) is 0 Å². The second-order valence-electron chi connectivity index (χ2n) is 7.21. The minimum atomic E-state index is -0.265. The molecule has 1 aromatic heterocycles. The van der Waals surface area contributed by atoms with Crippen LogP contribution in [0.4, 0.5) is 0 Å². The second kappa shape index (κ2) is 9.09. The Bertz CT molecular complexity index is 1150. The molecule has 0 radical (unpaired) electrons. The van der Waals surface area contributed by atoms with Crippen molar-refractivity contribution in [1.82, 2.24) is 15.1 Å². The fraction of sp³-hybridized carbons (Fsp3) is 0.160. The third kappa shape index (κ3) is 4.36. The van der Waals surface area contributed by atoms with Gasteiger partial charge in [0, 0.05) is 29.9 Å². The fourth-order valence-corrected chi connectivity index (χ4v) is 4.45. The highest BCUT2D eigenvalue weighted by molar-refractivity contribution is 8.00. The number of thioether (sulfide) groups is 1. The molecule has 1 atom stereocenters. The van der Waals surface area contributed by atoms with Crippen LogP contribution in [0.1, 0.15) is 12.5 Å². The quantitative estimate of drug-likeness (QED) is 0.395. The molecule has 150 valence electrons. The van der Waals surface area contributed by atoms with Crippen molar-refractivity contribution in [3.05, 3.63) is 90.5 Å². The van der Waals surface area contributed by atoms with Gasteiger partial charge in [-0.3, -0.25) is 4.79 Å². The van der Waals surface area contributed by atoms with E-state index in [1.165, 1.54) is 11.8 Å². The number of rotatable bonds is 6. The molecule has 5 heteroatoms. The first kappa shape index (κ1) is 20.1. The van der Waals surface area contributed by atoms with Crippen molar-refractivity contribution in [1.29, 1.82) is 0 Å². The monoisotopic (exact) mass is 413 g/mol. The molecular weight excluding hydrogens is 390 g/mol. The zero-order chi connectivity index (χ0) is 20.9. The summed E-state index contributed by atoms with van der Waals surface area (Å²) in [7, 11) is 1.84. The van der Waals surface area contributed by atoms with Crippen molar-refractivity contribution in [2.45, 2.75) is 23.7 Å². The van der Waals surface area contributed by atoms with Crippen LogP contribution in [0.5, 0.6) is 0 Å². The standard InChI is InChI=1S/C25H23N3OS/c1-18(25(29)28(2)17-19-11-5-3-6-12-19)30-24-22-16-10-9-15-21(22)23(26-27-24)20-13-7-4-8-14-20/h3-16,18H,17H2,1-2H3/t18-/m0/s1. The Labute approximate surface area is 181 Å². The summed E-state index contributed by atoms with van der Waals surface area (Å²) in [5.74, 6) is 0.0712. The van der Waals surface area contributed by atoms with Crippen LogP contribution >= 0.6 is 11.8 Å². The maximum absolute atomic E-state index is 12.9. The summed E-state index contributed by atoms with van der Waals surface area (Å²) in [6.45, 7) is 2.51. The molecule has 0 saturated heterocycles. The Kier molecular flexibility index (Phi) is 6.10. The number of benzene rings is 3. The minimum Gasteiger partial charge on any atom is -0.340 e. The van der Waals surface area contributed by atoms with Crippen LogP contribution in [-0.2, 0) is 11.3 Å². The first-order valence-electron chi connectivity index (χ1n) is 9.90. The van der Waals surface area contributed by atoms with E-state index in [4.69, 9.17) is 0 Å². The lowest BCUT2D eigenvalue weighted by molar-refractivity contribution is -0.129. The molecule has 0 unspecified atom stereocenters. The smallest absolute Gasteiger partial charge is 0.235 e. The molecule has 0 saturated carbocycles. The molecule has 0 spiro atoms. The van der Waals surface area contributed by atoms with Crippen LogP contribution in [0.15, 0.2) is 90.0 Å². The zero-order valence-electron chi connectivity index (χ0n) is 17.0. The molecular formula is C25H23N3OS. The summed E-state index contributed by atoms with van der Waals surface area (Å²) in [5.41, 5.74) is 3.00. The van der Waals surface area contributed by atoms with Gasteiger partial charge in [0.2, 0.25) is 5.91 Å². The maximum Gasteiger partial charge on any atom is 0.235 e. The van der Waals surface area contributed by atoms with Gasteiger partial charge in [-0.05, 0) is 12.5 Å². The molecule has 4 aromatic rings. The van der Waals surface area contributed by atoms with E-state index in [0.29, 0.717) is 6.54 Å². The third-order valence-electron chi connectivity index (χ3n) is 4.98. The average Bonchev–Trinajstić information content (AvgIpc) is 2.80. The largest absolute Gasteiger partial charge is 0.340 e. The summed E-state index contributed by atoms with van der Waals surface area (Å²) in [4.78, 5) is 14.7. The van der Waals surface area contributed by atoms with Crippen molar-refractivity contribution < 1.29 is 4.79 Å². The number of aromatic nitrogens is 2. The van der Waals surface area contributed by atoms with Crippen molar-refractivity contribution in [2.24, 2.45) is 0 Å². The lowest BCUT2D eigenvalue weighted by Gasteiger charge is -2.21. The van der Waals surface area contributed by atoms with Gasteiger partial charge in [0.15, 0.2) is 0 Å². The number of fused-ring (bicyclic) bond motifs is 1. The molecule has 4 rings (SSSR count). The Balaban J connectivity index is 1.57. The normalized spacial score (nSPS) is 11.9. The lowest BCUT2D eigenvalue weighted by atomic mass is 10.1. The van der Waals surface area contributed by atoms with E-state index >= 15 is 0 Å². The van der Waals surface area contributed by atoms with Gasteiger partial charge in [-0.1, -0.05) is 96.7 Å². The molecule has 1 amide bonds. The van der Waals surface area contributed by atoms with Crippen LogP contribution in [0.25, 0.3) is 22.0 Å². The van der Waals surface area contributed by atoms with E-state index in [1.807, 2.05) is 92.8 Å². The van der Waals surface area contributed by atoms with Gasteiger partial charge in [0.05, 0.1) is 5.25 Å². The Hall–Kier alpha value is -3.18. The predicted octanol–water partition coefficient (Wildman–Crippen LogP) is 5.44. The van der Waals surface area contributed by atoms with Crippen LogP contribution in [-0.4, -0.2) is 33.3 Å². The molecule has 0 bridgehead atoms. The van der Waals surface area contributed by atoms with Crippen LogP contribution < -0.4 is 0 Å². The van der Waals surface area contributed by atoms with Crippen molar-refractivity contribution in [2.75, 3.05) is 7.05 Å². The van der Waals surface area contributed by atoms with Gasteiger partial charge in [0.25, 0.3) is 0 Å². The van der Waals surface area contributed by atoms with E-state index in [1.54, 1.807) is 4.90 Å². The number of nitrogens with zero attached hydrogens (tertiary/aromatic N) is 3. The van der Waals surface area contributed by atoms with E-state index < -0.39 is 0 Å². The Morgan fingerprint density at radius 1 is 0.867 bits per heavy atom. The first-order chi connectivity index (χ1) is 14.6. The molecule has 0 aliphatic rings. The number of hydrogen-bond acceptors (Lipinski definition) is 4. The van der Waals surface area contributed by atoms with Crippen LogP contribution in [0, 0.1) is 0 Å². The van der Waals surface area contributed by atoms with E-state index in [-0.39, 0.29) is 11.2 Å². The second-order valence-corrected chi connectivity index (χ2v) is 8.53. The zero-order valence-corrected chi connectivity index (χ0v) is 17.8. The molecule has 0 aliphatic heterocycles. The predicted molar refractivity (Wildman–Crippen MR) is 123 cm³/mol. The summed E-state index contributed by atoms with van der Waals surface area (Å²) < 4.78 is 0. The average molecular weight is 414 g/mol. The van der Waals surface area contributed by atoms with E-state index in [2.05, 4.69) is 16.3 Å². The molecule has 0 N–H and O–H groups in total. The van der Waals surface area contributed by atoms with Gasteiger partial charge in [-0.25, -0.2) is 0 Å². The summed E-state index contributed by atoms with van der Waals surface area (Å²) in [5, 5.41) is 11.6. The van der Waals surface area contributed by atoms with Gasteiger partial charge in [0.1, 0.15) is 10.7 Å². The van der Waals surface area contributed by atoms with E-state index in [9.17, 15) is 4.79 Å². The summed E-state index contributed by atoms with van der Waals surface area (Å²) >= 11 is 1.46. The number of hydrogen-bond donors (Lipinski definition) is 0. The highest BCUT2D eigenvalue weighted by atomic mass is 32.2. The minimum absolute atomic E-state index is 0.0712. The highest BCUT2D eigenvalue weighted by Gasteiger charge is 2.21. The van der Waals surface area contributed by atoms with Crippen molar-refractivity contribution in [3.8, 4) is 11.3 Å².